The van der Waals surface area contributed by atoms with Crippen LogP contribution in [0, 0.1) is 0 Å². The highest BCUT2D eigenvalue weighted by Crippen LogP contribution is 2.43. The van der Waals surface area contributed by atoms with Crippen molar-refractivity contribution in [1.82, 2.24) is 14.7 Å². The summed E-state index contributed by atoms with van der Waals surface area (Å²) in [5.41, 5.74) is 3.80. The minimum atomic E-state index is -0.510. The maximum Gasteiger partial charge on any atom is 0.236 e. The molecule has 0 N–H and O–H groups in total. The van der Waals surface area contributed by atoms with Crippen LogP contribution in [0.4, 0.5) is 11.5 Å². The zero-order valence-electron chi connectivity index (χ0n) is 21.5. The molecule has 1 amide bonds. The van der Waals surface area contributed by atoms with Crippen LogP contribution >= 0.6 is 22.5 Å². The molecule has 35 heavy (non-hydrogen) atoms. The summed E-state index contributed by atoms with van der Waals surface area (Å²) in [4.78, 5) is 20.5. The maximum absolute atomic E-state index is 12.8. The zero-order valence-corrected chi connectivity index (χ0v) is 23.2. The van der Waals surface area contributed by atoms with Gasteiger partial charge in [0.25, 0.3) is 0 Å². The molecule has 1 aromatic heterocycles. The van der Waals surface area contributed by atoms with Crippen LogP contribution in [0.1, 0.15) is 38.8 Å². The van der Waals surface area contributed by atoms with Gasteiger partial charge in [0.05, 0.1) is 17.5 Å². The first-order valence-electron chi connectivity index (χ1n) is 12.2. The lowest BCUT2D eigenvalue weighted by Crippen LogP contribution is -2.44. The van der Waals surface area contributed by atoms with E-state index in [4.69, 9.17) is 5.10 Å². The van der Waals surface area contributed by atoms with Gasteiger partial charge in [-0.05, 0) is 56.3 Å². The zero-order chi connectivity index (χ0) is 25.1. The number of amides is 1. The van der Waals surface area contributed by atoms with Gasteiger partial charge in [-0.15, -0.1) is 11.7 Å². The molecule has 1 saturated heterocycles. The van der Waals surface area contributed by atoms with Gasteiger partial charge in [0.15, 0.2) is 5.82 Å². The van der Waals surface area contributed by atoms with Gasteiger partial charge in [-0.25, -0.2) is 0 Å². The van der Waals surface area contributed by atoms with Crippen LogP contribution in [0.3, 0.4) is 0 Å². The average molecular weight is 510 g/mol. The summed E-state index contributed by atoms with van der Waals surface area (Å²) in [6.07, 6.45) is 0. The van der Waals surface area contributed by atoms with Gasteiger partial charge < -0.3 is 14.7 Å². The summed E-state index contributed by atoms with van der Waals surface area (Å²) < 4.78 is 2.17. The molecule has 0 bridgehead atoms. The second-order valence-corrected chi connectivity index (χ2v) is 12.3. The summed E-state index contributed by atoms with van der Waals surface area (Å²) in [6.45, 7) is 13.4. The molecule has 0 radical (unpaired) electrons. The Kier molecular flexibility index (Phi) is 6.13. The molecule has 8 heteroatoms. The van der Waals surface area contributed by atoms with E-state index in [1.165, 1.54) is 21.7 Å². The second kappa shape index (κ2) is 8.75. The third kappa shape index (κ3) is 4.13. The van der Waals surface area contributed by atoms with Crippen molar-refractivity contribution in [3.05, 3.63) is 47.5 Å². The number of hydrogen-bond donors (Lipinski definition) is 1. The average Bonchev–Trinajstić information content (AvgIpc) is 3.27. The van der Waals surface area contributed by atoms with E-state index in [1.807, 2.05) is 20.9 Å². The number of fused-ring (bicyclic) bond motifs is 2. The van der Waals surface area contributed by atoms with Gasteiger partial charge in [0, 0.05) is 54.6 Å². The van der Waals surface area contributed by atoms with Crippen LogP contribution < -0.4 is 9.80 Å². The van der Waals surface area contributed by atoms with Crippen LogP contribution in [-0.2, 0) is 22.2 Å². The van der Waals surface area contributed by atoms with Crippen molar-refractivity contribution in [3.63, 3.8) is 0 Å². The molecule has 3 aromatic rings. The van der Waals surface area contributed by atoms with E-state index in [1.54, 1.807) is 4.90 Å². The van der Waals surface area contributed by atoms with Crippen LogP contribution in [-0.4, -0.2) is 60.9 Å². The predicted octanol–water partition coefficient (Wildman–Crippen LogP) is 4.96. The fraction of sp³-hybridized carbons (Fsp3) is 0.481. The molecule has 0 spiro atoms. The molecule has 2 aliphatic heterocycles. The smallest absolute Gasteiger partial charge is 0.236 e. The molecule has 0 saturated carbocycles. The summed E-state index contributed by atoms with van der Waals surface area (Å²) in [5.74, 6) is 1.21. The van der Waals surface area contributed by atoms with Gasteiger partial charge in [0.1, 0.15) is 0 Å². The number of nitrogens with zero attached hydrogens (tertiary/aromatic N) is 5. The van der Waals surface area contributed by atoms with E-state index >= 15 is 0 Å². The Morgan fingerprint density at radius 2 is 1.77 bits per heavy atom. The largest absolute Gasteiger partial charge is 0.352 e. The van der Waals surface area contributed by atoms with Crippen molar-refractivity contribution >= 4 is 50.8 Å². The molecule has 3 heterocycles. The minimum Gasteiger partial charge on any atom is -0.352 e. The number of hydrogen-bond acceptors (Lipinski definition) is 6. The summed E-state index contributed by atoms with van der Waals surface area (Å²) in [5, 5.41) is 6.36. The first kappa shape index (κ1) is 24.5. The number of aromatic nitrogens is 2. The fourth-order valence-electron chi connectivity index (χ4n) is 5.43. The number of piperazine rings is 1. The van der Waals surface area contributed by atoms with Gasteiger partial charge in [0.2, 0.25) is 5.91 Å². The first-order valence-corrected chi connectivity index (χ1v) is 14.1. The van der Waals surface area contributed by atoms with Crippen molar-refractivity contribution in [1.29, 1.82) is 0 Å². The molecule has 5 rings (SSSR count). The van der Waals surface area contributed by atoms with Crippen LogP contribution in [0.2, 0.25) is 0 Å². The molecule has 0 atom stereocenters. The van der Waals surface area contributed by atoms with E-state index in [0.717, 1.165) is 60.2 Å². The van der Waals surface area contributed by atoms with Crippen molar-refractivity contribution in [2.24, 2.45) is 0 Å². The summed E-state index contributed by atoms with van der Waals surface area (Å²) in [7, 11) is 5.51. The van der Waals surface area contributed by atoms with E-state index in [-0.39, 0.29) is 11.3 Å². The minimum absolute atomic E-state index is 0.148. The highest BCUT2D eigenvalue weighted by molar-refractivity contribution is 8.68. The Morgan fingerprint density at radius 3 is 2.46 bits per heavy atom. The predicted molar refractivity (Wildman–Crippen MR) is 150 cm³/mol. The topological polar surface area (TPSA) is 44.6 Å². The Balaban J connectivity index is 1.53. The van der Waals surface area contributed by atoms with E-state index in [9.17, 15) is 4.79 Å². The quantitative estimate of drug-likeness (QED) is 0.389. The summed E-state index contributed by atoms with van der Waals surface area (Å²) in [6, 6.07) is 13.0. The van der Waals surface area contributed by atoms with E-state index < -0.39 is 5.41 Å². The molecule has 186 valence electrons. The third-order valence-electron chi connectivity index (χ3n) is 7.81. The molecular weight excluding hydrogens is 474 g/mol. The van der Waals surface area contributed by atoms with E-state index in [0.29, 0.717) is 0 Å². The van der Waals surface area contributed by atoms with Crippen LogP contribution in [0.15, 0.2) is 41.3 Å². The molecule has 2 aliphatic rings. The van der Waals surface area contributed by atoms with Gasteiger partial charge in [-0.3, -0.25) is 9.48 Å². The Hall–Kier alpha value is -2.16. The van der Waals surface area contributed by atoms with Crippen molar-refractivity contribution in [2.75, 3.05) is 50.1 Å². The lowest BCUT2D eigenvalue weighted by Gasteiger charge is -2.32. The molecule has 2 aromatic carbocycles. The number of likely N-dealkylation sites (N-methyl/N-ethyl adjacent to an activating group) is 2. The van der Waals surface area contributed by atoms with Crippen LogP contribution in [0.25, 0.3) is 10.9 Å². The monoisotopic (exact) mass is 509 g/mol. The Morgan fingerprint density at radius 1 is 1.06 bits per heavy atom. The summed E-state index contributed by atoms with van der Waals surface area (Å²) >= 11 is 4.43. The van der Waals surface area contributed by atoms with Crippen molar-refractivity contribution < 1.29 is 4.79 Å². The Labute approximate surface area is 217 Å². The fourth-order valence-corrected chi connectivity index (χ4v) is 6.07. The highest BCUT2D eigenvalue weighted by Gasteiger charge is 2.43. The molecule has 6 nitrogen and oxygen atoms in total. The number of thiol groups is 1. The number of carbonyl (C=O) groups excluding carboxylic acids is 1. The normalized spacial score (nSPS) is 18.5. The molecular formula is C27H35N5OS2. The SMILES string of the molecule is CN1CCN(c2nn(CC(C)(C)c3ccc4c(c3)C(C)(C)C(=O)N4C)c3ccc(SS)cc23)CC1. The molecule has 1 fully saturated rings. The number of carbonyl (C=O) groups is 1. The second-order valence-electron chi connectivity index (χ2n) is 11.1. The molecule has 0 unspecified atom stereocenters. The molecule has 0 aliphatic carbocycles. The highest BCUT2D eigenvalue weighted by atomic mass is 33.1. The van der Waals surface area contributed by atoms with E-state index in [2.05, 4.69) is 83.4 Å². The Bertz CT molecular complexity index is 1290. The first-order chi connectivity index (χ1) is 16.5. The van der Waals surface area contributed by atoms with Crippen molar-refractivity contribution in [2.45, 2.75) is 50.0 Å². The van der Waals surface area contributed by atoms with Crippen molar-refractivity contribution in [3.8, 4) is 0 Å². The van der Waals surface area contributed by atoms with Gasteiger partial charge in [-0.1, -0.05) is 36.8 Å². The number of anilines is 2. The lowest BCUT2D eigenvalue weighted by molar-refractivity contribution is -0.121. The standard InChI is InChI=1S/C27H35N5OS2/c1-26(2,18-7-9-23-21(15-18)27(3,4)25(33)30(23)6)17-32-22-10-8-19(35-34)16-20(22)24(28-32)31-13-11-29(5)12-14-31/h7-10,15-16,34H,11-14,17H2,1-6H3. The maximum atomic E-state index is 12.8. The number of rotatable bonds is 5. The third-order valence-corrected chi connectivity index (χ3v) is 8.90. The van der Waals surface area contributed by atoms with Crippen LogP contribution in [0.5, 0.6) is 0 Å². The van der Waals surface area contributed by atoms with Gasteiger partial charge in [-0.2, -0.15) is 5.10 Å². The lowest BCUT2D eigenvalue weighted by atomic mass is 9.79. The van der Waals surface area contributed by atoms with Gasteiger partial charge >= 0.3 is 0 Å². The number of benzene rings is 2.